The smallest absolute Gasteiger partial charge is 0.243 e. The van der Waals surface area contributed by atoms with E-state index in [9.17, 15) is 13.2 Å². The largest absolute Gasteiger partial charge is 0.369 e. The van der Waals surface area contributed by atoms with Gasteiger partial charge in [-0.3, -0.25) is 4.79 Å². The summed E-state index contributed by atoms with van der Waals surface area (Å²) < 4.78 is 26.0. The number of sulfonamides is 1. The van der Waals surface area contributed by atoms with Crippen LogP contribution in [0.1, 0.15) is 32.4 Å². The standard InChI is InChI=1S/C13H21N3O3S/c1-9(2)16(8-13(15)17)20(18,19)12-6-4-11(5-7-12)10(3)14/h4-7,9-10H,8,14H2,1-3H3,(H2,15,17). The number of carbonyl (C=O) groups excluding carboxylic acids is 1. The first-order valence-corrected chi connectivity index (χ1v) is 7.76. The van der Waals surface area contributed by atoms with E-state index in [4.69, 9.17) is 11.5 Å². The molecule has 0 spiro atoms. The van der Waals surface area contributed by atoms with E-state index in [2.05, 4.69) is 0 Å². The van der Waals surface area contributed by atoms with E-state index in [0.29, 0.717) is 0 Å². The normalized spacial score (nSPS) is 13.7. The van der Waals surface area contributed by atoms with Crippen molar-refractivity contribution in [1.29, 1.82) is 0 Å². The van der Waals surface area contributed by atoms with Gasteiger partial charge in [0.1, 0.15) is 0 Å². The topological polar surface area (TPSA) is 106 Å². The summed E-state index contributed by atoms with van der Waals surface area (Å²) >= 11 is 0. The fraction of sp³-hybridized carbons (Fsp3) is 0.462. The van der Waals surface area contributed by atoms with Crippen LogP contribution < -0.4 is 11.5 Å². The molecule has 1 rings (SSSR count). The quantitative estimate of drug-likeness (QED) is 0.801. The molecular formula is C13H21N3O3S. The lowest BCUT2D eigenvalue weighted by molar-refractivity contribution is -0.118. The molecule has 1 amide bonds. The van der Waals surface area contributed by atoms with Crippen LogP contribution in [0.2, 0.25) is 0 Å². The number of primary amides is 1. The van der Waals surface area contributed by atoms with Crippen molar-refractivity contribution in [3.8, 4) is 0 Å². The molecule has 6 nitrogen and oxygen atoms in total. The van der Waals surface area contributed by atoms with E-state index in [-0.39, 0.29) is 23.5 Å². The summed E-state index contributed by atoms with van der Waals surface area (Å²) in [6.45, 7) is 4.86. The molecule has 1 atom stereocenters. The van der Waals surface area contributed by atoms with Crippen molar-refractivity contribution in [2.45, 2.75) is 37.8 Å². The van der Waals surface area contributed by atoms with Crippen LogP contribution in [0.3, 0.4) is 0 Å². The average molecular weight is 299 g/mol. The second-order valence-electron chi connectivity index (χ2n) is 4.97. The van der Waals surface area contributed by atoms with Crippen LogP contribution in [0.25, 0.3) is 0 Å². The van der Waals surface area contributed by atoms with Crippen LogP contribution in [0.15, 0.2) is 29.2 Å². The van der Waals surface area contributed by atoms with Gasteiger partial charge in [-0.25, -0.2) is 8.42 Å². The lowest BCUT2D eigenvalue weighted by atomic mass is 10.1. The summed E-state index contributed by atoms with van der Waals surface area (Å²) in [6, 6.07) is 5.79. The van der Waals surface area contributed by atoms with Gasteiger partial charge in [-0.1, -0.05) is 12.1 Å². The molecule has 4 N–H and O–H groups in total. The predicted octanol–water partition coefficient (Wildman–Crippen LogP) is 0.591. The highest BCUT2D eigenvalue weighted by molar-refractivity contribution is 7.89. The Morgan fingerprint density at radius 2 is 1.70 bits per heavy atom. The number of hydrogen-bond acceptors (Lipinski definition) is 4. The molecule has 0 aliphatic heterocycles. The lowest BCUT2D eigenvalue weighted by Crippen LogP contribution is -2.42. The van der Waals surface area contributed by atoms with Crippen LogP contribution in [0.5, 0.6) is 0 Å². The number of hydrogen-bond donors (Lipinski definition) is 2. The minimum Gasteiger partial charge on any atom is -0.369 e. The Balaban J connectivity index is 3.16. The minimum atomic E-state index is -3.75. The summed E-state index contributed by atoms with van der Waals surface area (Å²) in [5, 5.41) is 0. The minimum absolute atomic E-state index is 0.122. The first-order valence-electron chi connectivity index (χ1n) is 6.32. The third-order valence-electron chi connectivity index (χ3n) is 2.90. The zero-order chi connectivity index (χ0) is 15.5. The third-order valence-corrected chi connectivity index (χ3v) is 4.94. The number of amides is 1. The zero-order valence-corrected chi connectivity index (χ0v) is 12.7. The van der Waals surface area contributed by atoms with E-state index in [1.54, 1.807) is 26.0 Å². The maximum atomic E-state index is 12.5. The van der Waals surface area contributed by atoms with Crippen molar-refractivity contribution >= 4 is 15.9 Å². The van der Waals surface area contributed by atoms with Crippen LogP contribution >= 0.6 is 0 Å². The van der Waals surface area contributed by atoms with Crippen LogP contribution in [0, 0.1) is 0 Å². The predicted molar refractivity (Wildman–Crippen MR) is 77.3 cm³/mol. The zero-order valence-electron chi connectivity index (χ0n) is 11.9. The summed E-state index contributed by atoms with van der Waals surface area (Å²) in [4.78, 5) is 11.2. The second-order valence-corrected chi connectivity index (χ2v) is 6.86. The number of rotatable bonds is 6. The van der Waals surface area contributed by atoms with Crippen LogP contribution in [-0.2, 0) is 14.8 Å². The molecular weight excluding hydrogens is 278 g/mol. The maximum Gasteiger partial charge on any atom is 0.243 e. The number of nitrogens with zero attached hydrogens (tertiary/aromatic N) is 1. The van der Waals surface area contributed by atoms with Crippen molar-refractivity contribution < 1.29 is 13.2 Å². The van der Waals surface area contributed by atoms with Gasteiger partial charge in [0.05, 0.1) is 11.4 Å². The molecule has 112 valence electrons. The summed E-state index contributed by atoms with van der Waals surface area (Å²) in [6.07, 6.45) is 0. The first-order chi connectivity index (χ1) is 9.16. The molecule has 0 aliphatic rings. The molecule has 1 unspecified atom stereocenters. The molecule has 20 heavy (non-hydrogen) atoms. The highest BCUT2D eigenvalue weighted by atomic mass is 32.2. The second kappa shape index (κ2) is 6.34. The Morgan fingerprint density at radius 1 is 1.20 bits per heavy atom. The molecule has 0 heterocycles. The number of nitrogens with two attached hydrogens (primary N) is 2. The van der Waals surface area contributed by atoms with E-state index in [1.807, 2.05) is 6.92 Å². The molecule has 0 bridgehead atoms. The Bertz CT molecular complexity index is 565. The van der Waals surface area contributed by atoms with Crippen LogP contribution in [-0.4, -0.2) is 31.2 Å². The molecule has 0 aromatic heterocycles. The third kappa shape index (κ3) is 3.78. The molecule has 0 radical (unpaired) electrons. The van der Waals surface area contributed by atoms with Crippen molar-refractivity contribution in [1.82, 2.24) is 4.31 Å². The van der Waals surface area contributed by atoms with Crippen molar-refractivity contribution in [2.75, 3.05) is 6.54 Å². The maximum absolute atomic E-state index is 12.5. The molecule has 0 aliphatic carbocycles. The summed E-state index contributed by atoms with van der Waals surface area (Å²) in [5.41, 5.74) is 11.7. The SMILES string of the molecule is CC(N)c1ccc(S(=O)(=O)N(CC(N)=O)C(C)C)cc1. The van der Waals surface area contributed by atoms with Gasteiger partial charge in [0, 0.05) is 12.1 Å². The lowest BCUT2D eigenvalue weighted by Gasteiger charge is -2.24. The molecule has 0 saturated heterocycles. The van der Waals surface area contributed by atoms with Crippen LogP contribution in [0.4, 0.5) is 0 Å². The molecule has 7 heteroatoms. The van der Waals surface area contributed by atoms with Crippen molar-refractivity contribution in [3.05, 3.63) is 29.8 Å². The highest BCUT2D eigenvalue weighted by Crippen LogP contribution is 2.20. The van der Waals surface area contributed by atoms with Gasteiger partial charge in [-0.15, -0.1) is 0 Å². The van der Waals surface area contributed by atoms with Gasteiger partial charge in [-0.05, 0) is 38.5 Å². The van der Waals surface area contributed by atoms with E-state index in [0.717, 1.165) is 9.87 Å². The highest BCUT2D eigenvalue weighted by Gasteiger charge is 2.28. The first kappa shape index (κ1) is 16.6. The average Bonchev–Trinajstić information content (AvgIpc) is 2.35. The summed E-state index contributed by atoms with van der Waals surface area (Å²) in [5.74, 6) is -0.686. The van der Waals surface area contributed by atoms with Gasteiger partial charge in [0.25, 0.3) is 0 Å². The number of benzene rings is 1. The molecule has 0 fully saturated rings. The van der Waals surface area contributed by atoms with Gasteiger partial charge in [0.2, 0.25) is 15.9 Å². The van der Waals surface area contributed by atoms with Gasteiger partial charge < -0.3 is 11.5 Å². The van der Waals surface area contributed by atoms with Gasteiger partial charge >= 0.3 is 0 Å². The molecule has 1 aromatic rings. The van der Waals surface area contributed by atoms with Crippen molar-refractivity contribution in [2.24, 2.45) is 11.5 Å². The van der Waals surface area contributed by atoms with E-state index in [1.165, 1.54) is 12.1 Å². The molecule has 1 aromatic carbocycles. The monoisotopic (exact) mass is 299 g/mol. The van der Waals surface area contributed by atoms with E-state index >= 15 is 0 Å². The van der Waals surface area contributed by atoms with Gasteiger partial charge in [-0.2, -0.15) is 4.31 Å². The molecule has 0 saturated carbocycles. The van der Waals surface area contributed by atoms with E-state index < -0.39 is 15.9 Å². The Hall–Kier alpha value is -1.44. The fourth-order valence-corrected chi connectivity index (χ4v) is 3.38. The fourth-order valence-electron chi connectivity index (χ4n) is 1.78. The van der Waals surface area contributed by atoms with Gasteiger partial charge in [0.15, 0.2) is 0 Å². The number of carbonyl (C=O) groups is 1. The Labute approximate surface area is 119 Å². The Morgan fingerprint density at radius 3 is 2.05 bits per heavy atom. The van der Waals surface area contributed by atoms with Crippen molar-refractivity contribution in [3.63, 3.8) is 0 Å². The Kier molecular flexibility index (Phi) is 5.27. The summed E-state index contributed by atoms with van der Waals surface area (Å²) in [7, 11) is -3.75.